The van der Waals surface area contributed by atoms with Crippen molar-refractivity contribution in [1.29, 1.82) is 0 Å². The maximum atomic E-state index is 5.98. The molecular weight excluding hydrogens is 236 g/mol. The number of rotatable bonds is 4. The Kier molecular flexibility index (Phi) is 3.71. The molecule has 2 aromatic rings. The SMILES string of the molecule is CN(Cc1ccoc1)Cc1ccc(N)c(Cl)c1. The van der Waals surface area contributed by atoms with E-state index in [0.717, 1.165) is 24.2 Å². The molecule has 4 heteroatoms. The third-order valence-electron chi connectivity index (χ3n) is 2.55. The Hall–Kier alpha value is -1.45. The molecule has 0 amide bonds. The Morgan fingerprint density at radius 2 is 2.00 bits per heavy atom. The lowest BCUT2D eigenvalue weighted by Gasteiger charge is -2.16. The predicted octanol–water partition coefficient (Wildman–Crippen LogP) is 3.15. The number of furan rings is 1. The van der Waals surface area contributed by atoms with Gasteiger partial charge in [0.1, 0.15) is 0 Å². The number of hydrogen-bond donors (Lipinski definition) is 1. The van der Waals surface area contributed by atoms with Gasteiger partial charge in [-0.3, -0.25) is 4.90 Å². The lowest BCUT2D eigenvalue weighted by atomic mass is 10.2. The van der Waals surface area contributed by atoms with E-state index < -0.39 is 0 Å². The summed E-state index contributed by atoms with van der Waals surface area (Å²) in [5.74, 6) is 0. The van der Waals surface area contributed by atoms with Crippen LogP contribution in [0.1, 0.15) is 11.1 Å². The predicted molar refractivity (Wildman–Crippen MR) is 69.7 cm³/mol. The van der Waals surface area contributed by atoms with Gasteiger partial charge in [0, 0.05) is 18.7 Å². The van der Waals surface area contributed by atoms with Crippen LogP contribution in [-0.4, -0.2) is 11.9 Å². The monoisotopic (exact) mass is 250 g/mol. The Balaban J connectivity index is 1.98. The van der Waals surface area contributed by atoms with Gasteiger partial charge < -0.3 is 10.2 Å². The molecule has 0 aliphatic heterocycles. The van der Waals surface area contributed by atoms with E-state index in [4.69, 9.17) is 21.8 Å². The molecule has 0 radical (unpaired) electrons. The molecule has 3 nitrogen and oxygen atoms in total. The van der Waals surface area contributed by atoms with Gasteiger partial charge in [0.05, 0.1) is 23.2 Å². The van der Waals surface area contributed by atoms with Gasteiger partial charge in [-0.15, -0.1) is 0 Å². The number of nitrogens with zero attached hydrogens (tertiary/aromatic N) is 1. The zero-order valence-corrected chi connectivity index (χ0v) is 10.4. The third-order valence-corrected chi connectivity index (χ3v) is 2.88. The molecule has 0 aliphatic rings. The normalized spacial score (nSPS) is 11.0. The molecule has 0 fully saturated rings. The Bertz CT molecular complexity index is 482. The van der Waals surface area contributed by atoms with Crippen LogP contribution in [0.25, 0.3) is 0 Å². The number of nitrogen functional groups attached to an aromatic ring is 1. The van der Waals surface area contributed by atoms with Crippen LogP contribution in [0, 0.1) is 0 Å². The van der Waals surface area contributed by atoms with Crippen LogP contribution in [0.3, 0.4) is 0 Å². The van der Waals surface area contributed by atoms with Crippen molar-refractivity contribution in [3.63, 3.8) is 0 Å². The van der Waals surface area contributed by atoms with Gasteiger partial charge in [-0.2, -0.15) is 0 Å². The minimum absolute atomic E-state index is 0.610. The van der Waals surface area contributed by atoms with E-state index >= 15 is 0 Å². The second-order valence-corrected chi connectivity index (χ2v) is 4.57. The molecular formula is C13H15ClN2O. The largest absolute Gasteiger partial charge is 0.472 e. The van der Waals surface area contributed by atoms with Crippen LogP contribution >= 0.6 is 11.6 Å². The van der Waals surface area contributed by atoms with Crippen molar-refractivity contribution in [2.45, 2.75) is 13.1 Å². The third kappa shape index (κ3) is 3.25. The number of hydrogen-bond acceptors (Lipinski definition) is 3. The summed E-state index contributed by atoms with van der Waals surface area (Å²) in [6, 6.07) is 7.70. The Labute approximate surface area is 106 Å². The summed E-state index contributed by atoms with van der Waals surface area (Å²) in [6.07, 6.45) is 3.44. The fraction of sp³-hybridized carbons (Fsp3) is 0.231. The zero-order chi connectivity index (χ0) is 12.3. The second kappa shape index (κ2) is 5.25. The first-order valence-electron chi connectivity index (χ1n) is 5.38. The molecule has 0 bridgehead atoms. The smallest absolute Gasteiger partial charge is 0.0947 e. The molecule has 2 N–H and O–H groups in total. The quantitative estimate of drug-likeness (QED) is 0.848. The molecule has 0 unspecified atom stereocenters. The van der Waals surface area contributed by atoms with E-state index in [1.165, 1.54) is 0 Å². The lowest BCUT2D eigenvalue weighted by Crippen LogP contribution is -2.16. The first-order chi connectivity index (χ1) is 8.15. The Morgan fingerprint density at radius 1 is 1.24 bits per heavy atom. The number of halogens is 1. The van der Waals surface area contributed by atoms with Gasteiger partial charge in [0.15, 0.2) is 0 Å². The van der Waals surface area contributed by atoms with Crippen molar-refractivity contribution in [3.05, 3.63) is 52.9 Å². The van der Waals surface area contributed by atoms with E-state index in [0.29, 0.717) is 10.7 Å². The maximum Gasteiger partial charge on any atom is 0.0947 e. The van der Waals surface area contributed by atoms with Crippen LogP contribution in [0.5, 0.6) is 0 Å². The van der Waals surface area contributed by atoms with Crippen LogP contribution < -0.4 is 5.73 Å². The molecule has 90 valence electrons. The van der Waals surface area contributed by atoms with E-state index in [-0.39, 0.29) is 0 Å². The highest BCUT2D eigenvalue weighted by atomic mass is 35.5. The van der Waals surface area contributed by atoms with Crippen molar-refractivity contribution in [3.8, 4) is 0 Å². The minimum Gasteiger partial charge on any atom is -0.472 e. The molecule has 1 aromatic carbocycles. The topological polar surface area (TPSA) is 42.4 Å². The van der Waals surface area contributed by atoms with Crippen molar-refractivity contribution in [1.82, 2.24) is 4.90 Å². The average molecular weight is 251 g/mol. The molecule has 0 spiro atoms. The molecule has 0 aliphatic carbocycles. The van der Waals surface area contributed by atoms with Gasteiger partial charge in [-0.1, -0.05) is 17.7 Å². The Morgan fingerprint density at radius 3 is 2.65 bits per heavy atom. The van der Waals surface area contributed by atoms with Crippen molar-refractivity contribution in [2.24, 2.45) is 0 Å². The number of nitrogens with two attached hydrogens (primary N) is 1. The van der Waals surface area contributed by atoms with Crippen LogP contribution in [0.2, 0.25) is 5.02 Å². The van der Waals surface area contributed by atoms with Crippen molar-refractivity contribution in [2.75, 3.05) is 12.8 Å². The van der Waals surface area contributed by atoms with Crippen LogP contribution in [0.4, 0.5) is 5.69 Å². The fourth-order valence-electron chi connectivity index (χ4n) is 1.73. The summed E-state index contributed by atoms with van der Waals surface area (Å²) in [4.78, 5) is 2.19. The first kappa shape index (κ1) is 12.0. The van der Waals surface area contributed by atoms with Gasteiger partial charge in [-0.25, -0.2) is 0 Å². The van der Waals surface area contributed by atoms with Gasteiger partial charge >= 0.3 is 0 Å². The molecule has 17 heavy (non-hydrogen) atoms. The minimum atomic E-state index is 0.610. The van der Waals surface area contributed by atoms with Crippen LogP contribution in [-0.2, 0) is 13.1 Å². The van der Waals surface area contributed by atoms with Crippen molar-refractivity contribution >= 4 is 17.3 Å². The molecule has 0 atom stereocenters. The molecule has 0 saturated carbocycles. The first-order valence-corrected chi connectivity index (χ1v) is 5.76. The van der Waals surface area contributed by atoms with Gasteiger partial charge in [0.25, 0.3) is 0 Å². The van der Waals surface area contributed by atoms with Crippen LogP contribution in [0.15, 0.2) is 41.2 Å². The highest BCUT2D eigenvalue weighted by Gasteiger charge is 2.04. The fourth-order valence-corrected chi connectivity index (χ4v) is 1.93. The van der Waals surface area contributed by atoms with Gasteiger partial charge in [0.2, 0.25) is 0 Å². The zero-order valence-electron chi connectivity index (χ0n) is 9.69. The second-order valence-electron chi connectivity index (χ2n) is 4.16. The molecule has 1 aromatic heterocycles. The van der Waals surface area contributed by atoms with E-state index in [1.54, 1.807) is 12.5 Å². The van der Waals surface area contributed by atoms with Gasteiger partial charge in [-0.05, 0) is 30.8 Å². The average Bonchev–Trinajstić information content (AvgIpc) is 2.76. The van der Waals surface area contributed by atoms with E-state index in [1.807, 2.05) is 24.3 Å². The summed E-state index contributed by atoms with van der Waals surface area (Å²) < 4.78 is 5.04. The molecule has 2 rings (SSSR count). The van der Waals surface area contributed by atoms with Crippen molar-refractivity contribution < 1.29 is 4.42 Å². The van der Waals surface area contributed by atoms with E-state index in [9.17, 15) is 0 Å². The molecule has 1 heterocycles. The molecule has 0 saturated heterocycles. The summed E-state index contributed by atoms with van der Waals surface area (Å²) in [5, 5.41) is 0.610. The summed E-state index contributed by atoms with van der Waals surface area (Å²) in [6.45, 7) is 1.67. The highest BCUT2D eigenvalue weighted by molar-refractivity contribution is 6.33. The summed E-state index contributed by atoms with van der Waals surface area (Å²) in [7, 11) is 2.05. The van der Waals surface area contributed by atoms with E-state index in [2.05, 4.69) is 11.9 Å². The lowest BCUT2D eigenvalue weighted by molar-refractivity contribution is 0.318. The summed E-state index contributed by atoms with van der Waals surface area (Å²) in [5.41, 5.74) is 8.60. The number of anilines is 1. The summed E-state index contributed by atoms with van der Waals surface area (Å²) >= 11 is 5.98. The highest BCUT2D eigenvalue weighted by Crippen LogP contribution is 2.20. The number of benzene rings is 1. The maximum absolute atomic E-state index is 5.98. The standard InChI is InChI=1S/C13H15ClN2O/c1-16(8-11-4-5-17-9-11)7-10-2-3-13(15)12(14)6-10/h2-6,9H,7-8,15H2,1H3.